The van der Waals surface area contributed by atoms with Crippen molar-refractivity contribution in [2.75, 3.05) is 70.2 Å². The Bertz CT molecular complexity index is 1200. The van der Waals surface area contributed by atoms with Crippen LogP contribution < -0.4 is 10.1 Å². The van der Waals surface area contributed by atoms with Gasteiger partial charge in [-0.1, -0.05) is 57.7 Å². The molecule has 0 spiro atoms. The van der Waals surface area contributed by atoms with Gasteiger partial charge in [-0.2, -0.15) is 0 Å². The summed E-state index contributed by atoms with van der Waals surface area (Å²) in [5.41, 5.74) is 4.82. The summed E-state index contributed by atoms with van der Waals surface area (Å²) < 4.78 is 17.4. The molecule has 1 N–H and O–H groups in total. The molecule has 2 aromatic carbocycles. The first-order valence-electron chi connectivity index (χ1n) is 14.5. The number of piperazine rings is 1. The molecule has 1 saturated heterocycles. The molecule has 9 heteroatoms. The summed E-state index contributed by atoms with van der Waals surface area (Å²) in [4.78, 5) is 22.5. The van der Waals surface area contributed by atoms with Crippen LogP contribution in [-0.4, -0.2) is 85.5 Å². The molecule has 1 amide bonds. The van der Waals surface area contributed by atoms with Gasteiger partial charge >= 0.3 is 0 Å². The highest BCUT2D eigenvalue weighted by Gasteiger charge is 2.23. The van der Waals surface area contributed by atoms with Crippen molar-refractivity contribution in [3.8, 4) is 5.75 Å². The number of aromatic nitrogens is 1. The van der Waals surface area contributed by atoms with E-state index >= 15 is 0 Å². The van der Waals surface area contributed by atoms with E-state index in [-0.39, 0.29) is 17.7 Å². The van der Waals surface area contributed by atoms with Gasteiger partial charge in [-0.25, -0.2) is 4.98 Å². The van der Waals surface area contributed by atoms with E-state index in [1.165, 1.54) is 0 Å². The number of ether oxygens (including phenoxy) is 2. The van der Waals surface area contributed by atoms with E-state index in [4.69, 9.17) is 13.9 Å². The second-order valence-corrected chi connectivity index (χ2v) is 11.8. The lowest BCUT2D eigenvalue weighted by Gasteiger charge is -2.34. The summed E-state index contributed by atoms with van der Waals surface area (Å²) in [5, 5.41) is 4.00. The van der Waals surface area contributed by atoms with Gasteiger partial charge in [0.15, 0.2) is 5.58 Å². The summed E-state index contributed by atoms with van der Waals surface area (Å²) in [5.74, 6) is 2.24. The predicted molar refractivity (Wildman–Crippen MR) is 163 cm³/mol. The molecule has 0 aliphatic carbocycles. The normalized spacial score (nSPS) is 14.9. The van der Waals surface area contributed by atoms with E-state index in [9.17, 15) is 4.79 Å². The van der Waals surface area contributed by atoms with Crippen molar-refractivity contribution in [2.45, 2.75) is 51.7 Å². The largest absolute Gasteiger partial charge is 0.491 e. The zero-order valence-corrected chi connectivity index (χ0v) is 25.4. The topological polar surface area (TPSA) is 80.1 Å². The number of carbonyl (C=O) groups is 1. The van der Waals surface area contributed by atoms with Gasteiger partial charge in [-0.05, 0) is 42.5 Å². The minimum atomic E-state index is 0.0234. The Morgan fingerprint density at radius 2 is 1.77 bits per heavy atom. The lowest BCUT2D eigenvalue weighted by Crippen LogP contribution is -2.49. The van der Waals surface area contributed by atoms with Gasteiger partial charge in [0.25, 0.3) is 5.22 Å². The van der Waals surface area contributed by atoms with Gasteiger partial charge < -0.3 is 19.2 Å². The fourth-order valence-corrected chi connectivity index (χ4v) is 5.86. The van der Waals surface area contributed by atoms with Gasteiger partial charge in [-0.3, -0.25) is 14.6 Å². The third-order valence-electron chi connectivity index (χ3n) is 7.13. The molecule has 1 aliphatic heterocycles. The molecular formula is C31H44N4O4S. The van der Waals surface area contributed by atoms with E-state index in [1.54, 1.807) is 11.8 Å². The number of oxazole rings is 1. The van der Waals surface area contributed by atoms with Crippen LogP contribution in [-0.2, 0) is 9.53 Å². The fraction of sp³-hybridized carbons (Fsp3) is 0.548. The van der Waals surface area contributed by atoms with Gasteiger partial charge in [-0.15, -0.1) is 0 Å². The number of amides is 1. The standard InChI is InChI=1S/C31H44N4O4S/c1-6-37-18-19-38-27-12-11-24(22(2)3)30(29(27)23(4)5)33-28(36)21-35-15-13-34(14-16-35)17-20-40-31-32-25-9-7-8-10-26(25)39-31/h7-12,22-23H,6,13-21H2,1-5H3,(H,33,36). The molecule has 1 aromatic heterocycles. The maximum atomic E-state index is 13.3. The Kier molecular flexibility index (Phi) is 11.3. The van der Waals surface area contributed by atoms with Crippen molar-refractivity contribution in [1.29, 1.82) is 0 Å². The first kappa shape index (κ1) is 30.4. The van der Waals surface area contributed by atoms with Crippen LogP contribution in [0.1, 0.15) is 57.6 Å². The first-order chi connectivity index (χ1) is 19.4. The number of fused-ring (bicyclic) bond motifs is 1. The van der Waals surface area contributed by atoms with E-state index in [2.05, 4.69) is 53.9 Å². The molecule has 1 fully saturated rings. The first-order valence-corrected chi connectivity index (χ1v) is 15.4. The predicted octanol–water partition coefficient (Wildman–Crippen LogP) is 5.84. The van der Waals surface area contributed by atoms with Crippen LogP contribution in [0, 0.1) is 0 Å². The summed E-state index contributed by atoms with van der Waals surface area (Å²) in [6.45, 7) is 17.3. The highest BCUT2D eigenvalue weighted by atomic mass is 32.2. The minimum absolute atomic E-state index is 0.0234. The van der Waals surface area contributed by atoms with Crippen LogP contribution in [0.25, 0.3) is 11.1 Å². The SMILES string of the molecule is CCOCCOc1ccc(C(C)C)c(NC(=O)CN2CCN(CCSc3nc4ccccc4o3)CC2)c1C(C)C. The number of nitrogens with one attached hydrogen (secondary N) is 1. The van der Waals surface area contributed by atoms with Crippen LogP contribution in [0.15, 0.2) is 46.0 Å². The zero-order valence-electron chi connectivity index (χ0n) is 24.6. The van der Waals surface area contributed by atoms with Gasteiger partial charge in [0.2, 0.25) is 5.91 Å². The third-order valence-corrected chi connectivity index (χ3v) is 7.94. The van der Waals surface area contributed by atoms with E-state index in [1.807, 2.05) is 37.3 Å². The number of para-hydroxylation sites is 2. The Morgan fingerprint density at radius 3 is 2.48 bits per heavy atom. The number of benzene rings is 2. The van der Waals surface area contributed by atoms with Crippen LogP contribution >= 0.6 is 11.8 Å². The molecule has 0 atom stereocenters. The Hall–Kier alpha value is -2.59. The molecule has 0 saturated carbocycles. The summed E-state index contributed by atoms with van der Waals surface area (Å²) >= 11 is 1.65. The fourth-order valence-electron chi connectivity index (χ4n) is 5.02. The number of nitrogens with zero attached hydrogens (tertiary/aromatic N) is 3. The Morgan fingerprint density at radius 1 is 1.02 bits per heavy atom. The minimum Gasteiger partial charge on any atom is -0.491 e. The second-order valence-electron chi connectivity index (χ2n) is 10.8. The van der Waals surface area contributed by atoms with Gasteiger partial charge in [0, 0.05) is 50.6 Å². The molecule has 1 aliphatic rings. The van der Waals surface area contributed by atoms with Crippen molar-refractivity contribution < 1.29 is 18.7 Å². The molecule has 0 bridgehead atoms. The third kappa shape index (κ3) is 8.22. The van der Waals surface area contributed by atoms with Gasteiger partial charge in [0.1, 0.15) is 17.9 Å². The number of rotatable bonds is 14. The molecule has 0 unspecified atom stereocenters. The molecule has 218 valence electrons. The monoisotopic (exact) mass is 568 g/mol. The quantitative estimate of drug-likeness (QED) is 0.192. The van der Waals surface area contributed by atoms with Crippen molar-refractivity contribution in [3.05, 3.63) is 47.5 Å². The van der Waals surface area contributed by atoms with Crippen LogP contribution in [0.3, 0.4) is 0 Å². The van der Waals surface area contributed by atoms with Crippen LogP contribution in [0.5, 0.6) is 5.75 Å². The molecule has 0 radical (unpaired) electrons. The summed E-state index contributed by atoms with van der Waals surface area (Å²) in [6, 6.07) is 12.0. The second kappa shape index (κ2) is 14.9. The summed E-state index contributed by atoms with van der Waals surface area (Å²) in [7, 11) is 0. The Balaban J connectivity index is 1.28. The van der Waals surface area contributed by atoms with E-state index in [0.717, 1.165) is 77.4 Å². The maximum Gasteiger partial charge on any atom is 0.256 e. The maximum absolute atomic E-state index is 13.3. The number of anilines is 1. The number of hydrogen-bond acceptors (Lipinski definition) is 8. The molecule has 4 rings (SSSR count). The average molecular weight is 569 g/mol. The molecule has 40 heavy (non-hydrogen) atoms. The number of carbonyl (C=O) groups excluding carboxylic acids is 1. The van der Waals surface area contributed by atoms with E-state index in [0.29, 0.717) is 26.4 Å². The number of thioether (sulfide) groups is 1. The van der Waals surface area contributed by atoms with Crippen LogP contribution in [0.4, 0.5) is 5.69 Å². The molecule has 3 aromatic rings. The zero-order chi connectivity index (χ0) is 28.5. The smallest absolute Gasteiger partial charge is 0.256 e. The van der Waals surface area contributed by atoms with Crippen molar-refractivity contribution in [2.24, 2.45) is 0 Å². The van der Waals surface area contributed by atoms with Crippen molar-refractivity contribution >= 4 is 34.5 Å². The Labute approximate surface area is 242 Å². The lowest BCUT2D eigenvalue weighted by atomic mass is 9.91. The molecule has 8 nitrogen and oxygen atoms in total. The van der Waals surface area contributed by atoms with Gasteiger partial charge in [0.05, 0.1) is 18.8 Å². The molecule has 2 heterocycles. The van der Waals surface area contributed by atoms with Crippen LogP contribution in [0.2, 0.25) is 0 Å². The summed E-state index contributed by atoms with van der Waals surface area (Å²) in [6.07, 6.45) is 0. The highest BCUT2D eigenvalue weighted by Crippen LogP contribution is 2.39. The van der Waals surface area contributed by atoms with E-state index < -0.39 is 0 Å². The average Bonchev–Trinajstić information content (AvgIpc) is 3.34. The lowest BCUT2D eigenvalue weighted by molar-refractivity contribution is -0.117. The molecular weight excluding hydrogens is 524 g/mol. The van der Waals surface area contributed by atoms with Crippen molar-refractivity contribution in [1.82, 2.24) is 14.8 Å². The number of hydrogen-bond donors (Lipinski definition) is 1. The highest BCUT2D eigenvalue weighted by molar-refractivity contribution is 7.99. The van der Waals surface area contributed by atoms with Crippen molar-refractivity contribution in [3.63, 3.8) is 0 Å².